The summed E-state index contributed by atoms with van der Waals surface area (Å²) in [5.41, 5.74) is 4.01. The summed E-state index contributed by atoms with van der Waals surface area (Å²) in [5, 5.41) is 10.7. The van der Waals surface area contributed by atoms with Gasteiger partial charge in [-0.05, 0) is 36.8 Å². The van der Waals surface area contributed by atoms with E-state index in [1.807, 2.05) is 79.7 Å². The molecule has 4 rings (SSSR count). The Bertz CT molecular complexity index is 1420. The summed E-state index contributed by atoms with van der Waals surface area (Å²) in [7, 11) is 1.54. The highest BCUT2D eigenvalue weighted by molar-refractivity contribution is 5.97. The van der Waals surface area contributed by atoms with E-state index in [2.05, 4.69) is 31.4 Å². The minimum absolute atomic E-state index is 0.167. The number of carbonyl (C=O) groups is 2. The van der Waals surface area contributed by atoms with Crippen LogP contribution in [0.3, 0.4) is 0 Å². The zero-order chi connectivity index (χ0) is 28.0. The molecule has 0 atom stereocenters. The summed E-state index contributed by atoms with van der Waals surface area (Å²) >= 11 is 0. The highest BCUT2D eigenvalue weighted by atomic mass is 16.5. The Hall–Kier alpha value is -4.59. The smallest absolute Gasteiger partial charge is 0.322 e. The third-order valence-electron chi connectivity index (χ3n) is 6.21. The molecule has 1 heterocycles. The fraction of sp³-hybridized carbons (Fsp3) is 0.258. The Labute approximate surface area is 229 Å². The van der Waals surface area contributed by atoms with Crippen LogP contribution in [0.15, 0.2) is 84.9 Å². The molecule has 0 aliphatic rings. The van der Waals surface area contributed by atoms with Crippen molar-refractivity contribution in [3.63, 3.8) is 0 Å². The van der Waals surface area contributed by atoms with Crippen molar-refractivity contribution in [3.8, 4) is 11.4 Å². The quantitative estimate of drug-likeness (QED) is 0.288. The molecule has 0 bridgehead atoms. The summed E-state index contributed by atoms with van der Waals surface area (Å²) in [5.74, 6) is 0.736. The lowest BCUT2D eigenvalue weighted by Gasteiger charge is -2.23. The lowest BCUT2D eigenvalue weighted by atomic mass is 9.92. The number of nitrogens with zero attached hydrogens (tertiary/aromatic N) is 3. The number of ether oxygens (including phenoxy) is 1. The first-order valence-corrected chi connectivity index (χ1v) is 12.8. The average molecular weight is 526 g/mol. The molecule has 0 radical (unpaired) electrons. The predicted octanol–water partition coefficient (Wildman–Crippen LogP) is 6.16. The maximum absolute atomic E-state index is 13.4. The molecule has 3 aromatic carbocycles. The maximum Gasteiger partial charge on any atom is 0.322 e. The van der Waals surface area contributed by atoms with E-state index >= 15 is 0 Å². The van der Waals surface area contributed by atoms with Crippen molar-refractivity contribution in [2.24, 2.45) is 0 Å². The van der Waals surface area contributed by atoms with Crippen LogP contribution in [0.25, 0.3) is 5.69 Å². The minimum Gasteiger partial charge on any atom is -0.495 e. The van der Waals surface area contributed by atoms with Gasteiger partial charge >= 0.3 is 6.03 Å². The van der Waals surface area contributed by atoms with Crippen molar-refractivity contribution in [2.75, 3.05) is 24.3 Å². The zero-order valence-corrected chi connectivity index (χ0v) is 23.1. The van der Waals surface area contributed by atoms with Crippen LogP contribution in [0.2, 0.25) is 0 Å². The van der Waals surface area contributed by atoms with Gasteiger partial charge in [0.25, 0.3) is 0 Å². The van der Waals surface area contributed by atoms with Crippen LogP contribution in [0, 0.1) is 6.92 Å². The molecule has 0 unspecified atom stereocenters. The first-order chi connectivity index (χ1) is 18.6. The van der Waals surface area contributed by atoms with Crippen LogP contribution < -0.4 is 15.4 Å². The Morgan fingerprint density at radius 3 is 2.26 bits per heavy atom. The molecular formula is C31H35N5O3. The van der Waals surface area contributed by atoms with Gasteiger partial charge in [-0.2, -0.15) is 5.10 Å². The molecule has 8 nitrogen and oxygen atoms in total. The van der Waals surface area contributed by atoms with E-state index in [4.69, 9.17) is 9.84 Å². The van der Waals surface area contributed by atoms with Crippen molar-refractivity contribution < 1.29 is 14.3 Å². The second kappa shape index (κ2) is 11.9. The largest absolute Gasteiger partial charge is 0.495 e. The van der Waals surface area contributed by atoms with Crippen molar-refractivity contribution in [1.82, 2.24) is 14.7 Å². The molecule has 0 aliphatic carbocycles. The van der Waals surface area contributed by atoms with Gasteiger partial charge in [0.2, 0.25) is 5.91 Å². The van der Waals surface area contributed by atoms with Crippen LogP contribution in [0.5, 0.6) is 5.75 Å². The number of nitrogens with one attached hydrogen (secondary N) is 2. The van der Waals surface area contributed by atoms with E-state index in [0.717, 1.165) is 22.5 Å². The monoisotopic (exact) mass is 525 g/mol. The predicted molar refractivity (Wildman–Crippen MR) is 154 cm³/mol. The van der Waals surface area contributed by atoms with E-state index in [1.165, 1.54) is 4.90 Å². The van der Waals surface area contributed by atoms with Crippen LogP contribution >= 0.6 is 0 Å². The molecule has 202 valence electrons. The van der Waals surface area contributed by atoms with E-state index in [0.29, 0.717) is 17.3 Å². The van der Waals surface area contributed by atoms with Crippen LogP contribution in [-0.2, 0) is 16.8 Å². The van der Waals surface area contributed by atoms with Gasteiger partial charge in [0, 0.05) is 18.0 Å². The third kappa shape index (κ3) is 7.04. The number of rotatable bonds is 8. The standard InChI is InChI=1S/C31H35N5O3/c1-22-15-17-24(18-16-22)36-28(19-27(34-36)31(2,3)4)33-29(37)21-35(20-23-11-7-6-8-12-23)30(38)32-25-13-9-10-14-26(25)39-5/h6-19H,20-21H2,1-5H3,(H,32,38)(H,33,37). The van der Waals surface area contributed by atoms with Crippen molar-refractivity contribution in [1.29, 1.82) is 0 Å². The molecule has 0 saturated heterocycles. The number of benzene rings is 3. The van der Waals surface area contributed by atoms with Crippen LogP contribution in [-0.4, -0.2) is 40.3 Å². The number of aromatic nitrogens is 2. The highest BCUT2D eigenvalue weighted by Crippen LogP contribution is 2.27. The Morgan fingerprint density at radius 1 is 0.923 bits per heavy atom. The van der Waals surface area contributed by atoms with E-state index in [1.54, 1.807) is 23.9 Å². The molecular weight excluding hydrogens is 490 g/mol. The molecule has 0 saturated carbocycles. The zero-order valence-electron chi connectivity index (χ0n) is 23.1. The van der Waals surface area contributed by atoms with Crippen LogP contribution in [0.4, 0.5) is 16.3 Å². The van der Waals surface area contributed by atoms with E-state index < -0.39 is 6.03 Å². The summed E-state index contributed by atoms with van der Waals surface area (Å²) in [4.78, 5) is 28.2. The summed E-state index contributed by atoms with van der Waals surface area (Å²) < 4.78 is 7.10. The lowest BCUT2D eigenvalue weighted by Crippen LogP contribution is -2.40. The van der Waals surface area contributed by atoms with Gasteiger partial charge in [-0.3, -0.25) is 4.79 Å². The maximum atomic E-state index is 13.4. The normalized spacial score (nSPS) is 11.1. The number of aryl methyl sites for hydroxylation is 1. The van der Waals surface area contributed by atoms with E-state index in [9.17, 15) is 9.59 Å². The molecule has 8 heteroatoms. The number of amides is 3. The molecule has 0 fully saturated rings. The first-order valence-electron chi connectivity index (χ1n) is 12.8. The fourth-order valence-corrected chi connectivity index (χ4v) is 4.02. The lowest BCUT2D eigenvalue weighted by molar-refractivity contribution is -0.116. The number of carbonyl (C=O) groups excluding carboxylic acids is 2. The third-order valence-corrected chi connectivity index (χ3v) is 6.21. The highest BCUT2D eigenvalue weighted by Gasteiger charge is 2.24. The fourth-order valence-electron chi connectivity index (χ4n) is 4.02. The van der Waals surface area contributed by atoms with Crippen LogP contribution in [0.1, 0.15) is 37.6 Å². The summed E-state index contributed by atoms with van der Waals surface area (Å²) in [6.45, 7) is 8.33. The number of methoxy groups -OCH3 is 1. The number of hydrogen-bond donors (Lipinski definition) is 2. The summed E-state index contributed by atoms with van der Waals surface area (Å²) in [6.07, 6.45) is 0. The molecule has 0 spiro atoms. The Morgan fingerprint density at radius 2 is 1.59 bits per heavy atom. The SMILES string of the molecule is COc1ccccc1NC(=O)N(CC(=O)Nc1cc(C(C)(C)C)nn1-c1ccc(C)cc1)Cc1ccccc1. The molecule has 39 heavy (non-hydrogen) atoms. The van der Waals surface area contributed by atoms with Gasteiger partial charge in [0.15, 0.2) is 0 Å². The van der Waals surface area contributed by atoms with Crippen molar-refractivity contribution in [2.45, 2.75) is 39.7 Å². The van der Waals surface area contributed by atoms with Gasteiger partial charge in [-0.25, -0.2) is 9.48 Å². The number of urea groups is 1. The summed E-state index contributed by atoms with van der Waals surface area (Å²) in [6, 6.07) is 26.1. The molecule has 2 N–H and O–H groups in total. The van der Waals surface area contributed by atoms with Crippen molar-refractivity contribution in [3.05, 3.63) is 102 Å². The molecule has 0 aliphatic heterocycles. The Balaban J connectivity index is 1.59. The van der Waals surface area contributed by atoms with Gasteiger partial charge < -0.3 is 20.3 Å². The van der Waals surface area contributed by atoms with Crippen molar-refractivity contribution >= 4 is 23.4 Å². The number of hydrogen-bond acceptors (Lipinski definition) is 4. The number of para-hydroxylation sites is 2. The molecule has 1 aromatic heterocycles. The van der Waals surface area contributed by atoms with Gasteiger partial charge in [0.05, 0.1) is 24.2 Å². The van der Waals surface area contributed by atoms with Gasteiger partial charge in [-0.1, -0.05) is 80.9 Å². The second-order valence-corrected chi connectivity index (χ2v) is 10.4. The number of anilines is 2. The van der Waals surface area contributed by atoms with Gasteiger partial charge in [0.1, 0.15) is 18.1 Å². The molecule has 4 aromatic rings. The Kier molecular flexibility index (Phi) is 8.34. The topological polar surface area (TPSA) is 88.5 Å². The van der Waals surface area contributed by atoms with Gasteiger partial charge in [-0.15, -0.1) is 0 Å². The second-order valence-electron chi connectivity index (χ2n) is 10.4. The average Bonchev–Trinajstić information content (AvgIpc) is 3.34. The van der Waals surface area contributed by atoms with E-state index in [-0.39, 0.29) is 24.4 Å². The molecule has 3 amide bonds. The first kappa shape index (κ1) is 27.4. The minimum atomic E-state index is -0.416.